The highest BCUT2D eigenvalue weighted by Gasteiger charge is 2.28. The number of rotatable bonds is 5. The number of carbonyl (C=O) groups is 2. The van der Waals surface area contributed by atoms with Crippen molar-refractivity contribution in [3.8, 4) is 5.75 Å². The molecule has 24 heavy (non-hydrogen) atoms. The van der Waals surface area contributed by atoms with Crippen LogP contribution in [0.15, 0.2) is 18.2 Å². The van der Waals surface area contributed by atoms with Gasteiger partial charge in [0.15, 0.2) is 0 Å². The number of hydrogen-bond donors (Lipinski definition) is 1. The largest absolute Gasteiger partial charge is 0.495 e. The molecule has 0 saturated carbocycles. The molecule has 130 valence electrons. The molecule has 2 heterocycles. The second-order valence-electron chi connectivity index (χ2n) is 5.88. The summed E-state index contributed by atoms with van der Waals surface area (Å²) >= 11 is 7.63. The molecule has 1 atom stereocenters. The van der Waals surface area contributed by atoms with Crippen LogP contribution in [0.5, 0.6) is 5.75 Å². The molecule has 0 spiro atoms. The zero-order valence-corrected chi connectivity index (χ0v) is 15.0. The monoisotopic (exact) mass is 369 g/mol. The number of benzene rings is 1. The molecule has 3 rings (SSSR count). The van der Waals surface area contributed by atoms with Crippen molar-refractivity contribution in [2.45, 2.75) is 12.5 Å². The predicted octanol–water partition coefficient (Wildman–Crippen LogP) is 1.58. The molecule has 1 aromatic carbocycles. The molecule has 2 amide bonds. The summed E-state index contributed by atoms with van der Waals surface area (Å²) in [5.74, 6) is 1.77. The summed E-state index contributed by atoms with van der Waals surface area (Å²) in [6, 6.07) is 5.58. The minimum absolute atomic E-state index is 0.0341. The Morgan fingerprint density at radius 1 is 1.50 bits per heavy atom. The van der Waals surface area contributed by atoms with Gasteiger partial charge in [0.05, 0.1) is 24.4 Å². The van der Waals surface area contributed by atoms with Gasteiger partial charge in [0.25, 0.3) is 0 Å². The Bertz CT molecular complexity index is 643. The number of carbonyl (C=O) groups excluding carboxylic acids is 2. The summed E-state index contributed by atoms with van der Waals surface area (Å²) in [5, 5.41) is 3.68. The number of methoxy groups -OCH3 is 1. The summed E-state index contributed by atoms with van der Waals surface area (Å²) in [6.07, 6.45) is 0.851. The quantitative estimate of drug-likeness (QED) is 0.853. The third kappa shape index (κ3) is 3.89. The van der Waals surface area contributed by atoms with Crippen molar-refractivity contribution in [3.63, 3.8) is 0 Å². The summed E-state index contributed by atoms with van der Waals surface area (Å²) < 4.78 is 5.40. The van der Waals surface area contributed by atoms with Gasteiger partial charge in [-0.05, 0) is 24.6 Å². The van der Waals surface area contributed by atoms with Crippen LogP contribution < -0.4 is 15.0 Å². The van der Waals surface area contributed by atoms with Gasteiger partial charge in [-0.25, -0.2) is 0 Å². The maximum absolute atomic E-state index is 12.1. The molecule has 1 aromatic rings. The Morgan fingerprint density at radius 2 is 2.33 bits per heavy atom. The van der Waals surface area contributed by atoms with Gasteiger partial charge in [0.1, 0.15) is 12.3 Å². The van der Waals surface area contributed by atoms with Crippen LogP contribution in [-0.2, 0) is 9.59 Å². The van der Waals surface area contributed by atoms with E-state index in [0.717, 1.165) is 24.4 Å². The van der Waals surface area contributed by atoms with E-state index in [1.807, 2.05) is 12.1 Å². The molecule has 0 aliphatic carbocycles. The van der Waals surface area contributed by atoms with E-state index in [2.05, 4.69) is 10.2 Å². The van der Waals surface area contributed by atoms with E-state index >= 15 is 0 Å². The van der Waals surface area contributed by atoms with Gasteiger partial charge >= 0.3 is 0 Å². The molecular formula is C16H20ClN3O3S. The second kappa shape index (κ2) is 7.53. The zero-order chi connectivity index (χ0) is 17.1. The van der Waals surface area contributed by atoms with Crippen LogP contribution in [0.1, 0.15) is 6.42 Å². The van der Waals surface area contributed by atoms with Crippen LogP contribution in [0.4, 0.5) is 5.69 Å². The lowest BCUT2D eigenvalue weighted by Gasteiger charge is -2.22. The first-order chi connectivity index (χ1) is 11.6. The third-order valence-electron chi connectivity index (χ3n) is 4.19. The average Bonchev–Trinajstić information content (AvgIpc) is 3.17. The number of amides is 2. The van der Waals surface area contributed by atoms with Gasteiger partial charge in [-0.15, -0.1) is 11.8 Å². The molecule has 1 unspecified atom stereocenters. The number of nitrogens with zero attached hydrogens (tertiary/aromatic N) is 2. The molecule has 2 saturated heterocycles. The Morgan fingerprint density at radius 3 is 3.04 bits per heavy atom. The van der Waals surface area contributed by atoms with Gasteiger partial charge in [-0.1, -0.05) is 11.6 Å². The van der Waals surface area contributed by atoms with Gasteiger partial charge in [-0.3, -0.25) is 9.59 Å². The van der Waals surface area contributed by atoms with Crippen molar-refractivity contribution < 1.29 is 14.3 Å². The summed E-state index contributed by atoms with van der Waals surface area (Å²) in [7, 11) is 1.63. The van der Waals surface area contributed by atoms with Gasteiger partial charge in [0, 0.05) is 24.2 Å². The van der Waals surface area contributed by atoms with Crippen molar-refractivity contribution in [3.05, 3.63) is 23.2 Å². The van der Waals surface area contributed by atoms with Crippen molar-refractivity contribution >= 4 is 40.9 Å². The molecule has 1 N–H and O–H groups in total. The molecule has 6 nitrogen and oxygen atoms in total. The molecule has 0 aromatic heterocycles. The topological polar surface area (TPSA) is 61.9 Å². The molecule has 2 fully saturated rings. The van der Waals surface area contributed by atoms with Gasteiger partial charge in [-0.2, -0.15) is 0 Å². The van der Waals surface area contributed by atoms with E-state index in [-0.39, 0.29) is 24.4 Å². The fraction of sp³-hybridized carbons (Fsp3) is 0.500. The maximum atomic E-state index is 12.1. The summed E-state index contributed by atoms with van der Waals surface area (Å²) in [5.41, 5.74) is 0.938. The minimum Gasteiger partial charge on any atom is -0.495 e. The maximum Gasteiger partial charge on any atom is 0.239 e. The van der Waals surface area contributed by atoms with Crippen molar-refractivity contribution in [1.29, 1.82) is 0 Å². The van der Waals surface area contributed by atoms with Gasteiger partial charge < -0.3 is 19.9 Å². The Balaban J connectivity index is 1.56. The third-order valence-corrected chi connectivity index (χ3v) is 5.38. The first-order valence-corrected chi connectivity index (χ1v) is 9.33. The van der Waals surface area contributed by atoms with Crippen LogP contribution in [0.25, 0.3) is 0 Å². The number of nitrogens with one attached hydrogen (secondary N) is 1. The van der Waals surface area contributed by atoms with Crippen LogP contribution >= 0.6 is 23.4 Å². The Kier molecular flexibility index (Phi) is 5.40. The molecule has 0 bridgehead atoms. The highest BCUT2D eigenvalue weighted by molar-refractivity contribution is 8.00. The average molecular weight is 370 g/mol. The number of anilines is 1. The molecular weight excluding hydrogens is 350 g/mol. The highest BCUT2D eigenvalue weighted by atomic mass is 35.5. The SMILES string of the molecule is COc1ccc(Cl)cc1N1CCC(NC(=O)CN2CSCC2=O)C1. The van der Waals surface area contributed by atoms with Crippen molar-refractivity contribution in [2.24, 2.45) is 0 Å². The fourth-order valence-corrected chi connectivity index (χ4v) is 4.06. The predicted molar refractivity (Wildman–Crippen MR) is 95.8 cm³/mol. The molecule has 2 aliphatic heterocycles. The molecule has 8 heteroatoms. The van der Waals surface area contributed by atoms with Crippen LogP contribution in [0.2, 0.25) is 5.02 Å². The van der Waals surface area contributed by atoms with E-state index < -0.39 is 0 Å². The summed E-state index contributed by atoms with van der Waals surface area (Å²) in [6.45, 7) is 1.66. The fourth-order valence-electron chi connectivity index (χ4n) is 2.99. The Hall–Kier alpha value is -1.60. The lowest BCUT2D eigenvalue weighted by atomic mass is 10.2. The number of thioether (sulfide) groups is 1. The van der Waals surface area contributed by atoms with Crippen LogP contribution in [0, 0.1) is 0 Å². The first-order valence-electron chi connectivity index (χ1n) is 7.80. The lowest BCUT2D eigenvalue weighted by Crippen LogP contribution is -2.43. The Labute approximate surface area is 150 Å². The lowest BCUT2D eigenvalue weighted by molar-refractivity contribution is -0.132. The van der Waals surface area contributed by atoms with E-state index in [9.17, 15) is 9.59 Å². The highest BCUT2D eigenvalue weighted by Crippen LogP contribution is 2.33. The zero-order valence-electron chi connectivity index (χ0n) is 13.5. The second-order valence-corrected chi connectivity index (χ2v) is 7.28. The van der Waals surface area contributed by atoms with E-state index in [1.165, 1.54) is 11.8 Å². The first kappa shape index (κ1) is 17.2. The number of ether oxygens (including phenoxy) is 1. The molecule has 0 radical (unpaired) electrons. The summed E-state index contributed by atoms with van der Waals surface area (Å²) in [4.78, 5) is 27.5. The van der Waals surface area contributed by atoms with Crippen LogP contribution in [0.3, 0.4) is 0 Å². The van der Waals surface area contributed by atoms with E-state index in [4.69, 9.17) is 16.3 Å². The van der Waals surface area contributed by atoms with Crippen molar-refractivity contribution in [1.82, 2.24) is 10.2 Å². The minimum atomic E-state index is -0.101. The van der Waals surface area contributed by atoms with E-state index in [0.29, 0.717) is 23.2 Å². The number of halogens is 1. The van der Waals surface area contributed by atoms with E-state index in [1.54, 1.807) is 18.1 Å². The normalized spacial score (nSPS) is 20.6. The smallest absolute Gasteiger partial charge is 0.239 e. The van der Waals surface area contributed by atoms with Crippen molar-refractivity contribution in [2.75, 3.05) is 43.3 Å². The molecule has 2 aliphatic rings. The number of hydrogen-bond acceptors (Lipinski definition) is 5. The van der Waals surface area contributed by atoms with Gasteiger partial charge in [0.2, 0.25) is 11.8 Å². The van der Waals surface area contributed by atoms with Crippen LogP contribution in [-0.4, -0.2) is 61.1 Å². The standard InChI is InChI=1S/C16H20ClN3O3S/c1-23-14-3-2-11(17)6-13(14)19-5-4-12(7-19)18-15(21)8-20-10-24-9-16(20)22/h2-3,6,12H,4-5,7-10H2,1H3,(H,18,21).